The van der Waals surface area contributed by atoms with Crippen LogP contribution in [0.25, 0.3) is 0 Å². The predicted octanol–water partition coefficient (Wildman–Crippen LogP) is 1.38. The molecule has 1 heterocycles. The second-order valence-electron chi connectivity index (χ2n) is 4.31. The Hall–Kier alpha value is -1.51. The monoisotopic (exact) mass is 316 g/mol. The number of aryl methyl sites for hydroxylation is 1. The number of aromatic nitrogens is 1. The van der Waals surface area contributed by atoms with Gasteiger partial charge in [0, 0.05) is 6.61 Å². The second kappa shape index (κ2) is 8.71. The molecule has 0 radical (unpaired) electrons. The standard InChI is InChI=1S/C13H20N2O5S/c1-4-19-5-6-20-7-10(16)14-9(3)12-15-8(2)11(21-12)13(17)18/h9H,4-7H2,1-3H3,(H,14,16)(H,17,18). The molecule has 0 spiro atoms. The van der Waals surface area contributed by atoms with Crippen molar-refractivity contribution in [2.75, 3.05) is 26.4 Å². The number of amides is 1. The van der Waals surface area contributed by atoms with Crippen molar-refractivity contribution in [1.29, 1.82) is 0 Å². The second-order valence-corrected chi connectivity index (χ2v) is 5.34. The Balaban J connectivity index is 2.42. The number of hydrogen-bond acceptors (Lipinski definition) is 6. The van der Waals surface area contributed by atoms with Crippen LogP contribution in [0.5, 0.6) is 0 Å². The average Bonchev–Trinajstić information content (AvgIpc) is 2.81. The maximum Gasteiger partial charge on any atom is 0.347 e. The SMILES string of the molecule is CCOCCOCC(=O)NC(C)c1nc(C)c(C(=O)O)s1. The summed E-state index contributed by atoms with van der Waals surface area (Å²) in [6, 6.07) is -0.357. The van der Waals surface area contributed by atoms with Gasteiger partial charge in [0.05, 0.1) is 24.9 Å². The lowest BCUT2D eigenvalue weighted by Gasteiger charge is -2.11. The van der Waals surface area contributed by atoms with Crippen molar-refractivity contribution in [1.82, 2.24) is 10.3 Å². The van der Waals surface area contributed by atoms with Crippen LogP contribution in [0, 0.1) is 6.92 Å². The quantitative estimate of drug-likeness (QED) is 0.668. The molecule has 1 aromatic heterocycles. The first-order valence-electron chi connectivity index (χ1n) is 6.61. The van der Waals surface area contributed by atoms with Crippen molar-refractivity contribution in [3.05, 3.63) is 15.6 Å². The average molecular weight is 316 g/mol. The van der Waals surface area contributed by atoms with E-state index in [1.807, 2.05) is 6.92 Å². The van der Waals surface area contributed by atoms with Crippen molar-refractivity contribution >= 4 is 23.2 Å². The lowest BCUT2D eigenvalue weighted by atomic mass is 10.3. The number of aromatic carboxylic acids is 1. The van der Waals surface area contributed by atoms with Crippen molar-refractivity contribution in [2.24, 2.45) is 0 Å². The maximum atomic E-state index is 11.7. The fraction of sp³-hybridized carbons (Fsp3) is 0.615. The highest BCUT2D eigenvalue weighted by molar-refractivity contribution is 7.13. The van der Waals surface area contributed by atoms with Gasteiger partial charge in [-0.25, -0.2) is 9.78 Å². The third-order valence-corrected chi connectivity index (χ3v) is 3.89. The third-order valence-electron chi connectivity index (χ3n) is 2.56. The van der Waals surface area contributed by atoms with E-state index in [1.165, 1.54) is 0 Å². The van der Waals surface area contributed by atoms with Crippen molar-refractivity contribution in [3.8, 4) is 0 Å². The van der Waals surface area contributed by atoms with E-state index in [0.717, 1.165) is 11.3 Å². The highest BCUT2D eigenvalue weighted by atomic mass is 32.1. The Morgan fingerprint density at radius 1 is 1.38 bits per heavy atom. The number of carboxylic acids is 1. The molecule has 0 aliphatic heterocycles. The van der Waals surface area contributed by atoms with Crippen LogP contribution in [0.4, 0.5) is 0 Å². The maximum absolute atomic E-state index is 11.7. The molecule has 0 fully saturated rings. The zero-order chi connectivity index (χ0) is 15.8. The van der Waals surface area contributed by atoms with Gasteiger partial charge < -0.3 is 19.9 Å². The Kier molecular flexibility index (Phi) is 7.27. The van der Waals surface area contributed by atoms with E-state index in [-0.39, 0.29) is 23.4 Å². The fourth-order valence-electron chi connectivity index (χ4n) is 1.57. The molecule has 1 atom stereocenters. The van der Waals surface area contributed by atoms with Gasteiger partial charge in [0.15, 0.2) is 0 Å². The summed E-state index contributed by atoms with van der Waals surface area (Å²) in [6.45, 7) is 6.63. The molecule has 1 unspecified atom stereocenters. The summed E-state index contributed by atoms with van der Waals surface area (Å²) in [5.41, 5.74) is 0.455. The van der Waals surface area contributed by atoms with Gasteiger partial charge in [-0.15, -0.1) is 11.3 Å². The Morgan fingerprint density at radius 3 is 2.62 bits per heavy atom. The van der Waals surface area contributed by atoms with Gasteiger partial charge in [0.2, 0.25) is 5.91 Å². The van der Waals surface area contributed by atoms with Crippen LogP contribution in [0.1, 0.15) is 40.3 Å². The number of carboxylic acid groups (broad SMARTS) is 1. The highest BCUT2D eigenvalue weighted by Crippen LogP contribution is 2.23. The molecule has 0 saturated carbocycles. The first-order valence-corrected chi connectivity index (χ1v) is 7.42. The van der Waals surface area contributed by atoms with Gasteiger partial charge >= 0.3 is 5.97 Å². The van der Waals surface area contributed by atoms with E-state index in [9.17, 15) is 9.59 Å². The zero-order valence-electron chi connectivity index (χ0n) is 12.3. The molecule has 0 aliphatic carbocycles. The van der Waals surface area contributed by atoms with E-state index < -0.39 is 5.97 Å². The van der Waals surface area contributed by atoms with Crippen LogP contribution in [0.3, 0.4) is 0 Å². The van der Waals surface area contributed by atoms with Gasteiger partial charge in [0.1, 0.15) is 16.5 Å². The van der Waals surface area contributed by atoms with Crippen LogP contribution in [-0.4, -0.2) is 48.4 Å². The number of carbonyl (C=O) groups is 2. The molecular weight excluding hydrogens is 296 g/mol. The number of nitrogens with zero attached hydrogens (tertiary/aromatic N) is 1. The van der Waals surface area contributed by atoms with Crippen molar-refractivity contribution in [3.63, 3.8) is 0 Å². The minimum absolute atomic E-state index is 0.0619. The molecule has 0 saturated heterocycles. The van der Waals surface area contributed by atoms with Crippen molar-refractivity contribution < 1.29 is 24.2 Å². The van der Waals surface area contributed by atoms with Gasteiger partial charge in [-0.1, -0.05) is 0 Å². The molecule has 2 N–H and O–H groups in total. The number of carbonyl (C=O) groups excluding carboxylic acids is 1. The lowest BCUT2D eigenvalue weighted by Crippen LogP contribution is -2.30. The summed E-state index contributed by atoms with van der Waals surface area (Å²) in [6.07, 6.45) is 0. The van der Waals surface area contributed by atoms with Crippen molar-refractivity contribution in [2.45, 2.75) is 26.8 Å². The molecule has 0 aromatic carbocycles. The van der Waals surface area contributed by atoms with Crippen LogP contribution < -0.4 is 5.32 Å². The van der Waals surface area contributed by atoms with Crippen LogP contribution in [0.2, 0.25) is 0 Å². The predicted molar refractivity (Wildman–Crippen MR) is 77.7 cm³/mol. The molecule has 118 valence electrons. The summed E-state index contributed by atoms with van der Waals surface area (Å²) < 4.78 is 10.2. The number of thiazole rings is 1. The number of nitrogens with one attached hydrogen (secondary N) is 1. The molecule has 1 amide bonds. The lowest BCUT2D eigenvalue weighted by molar-refractivity contribution is -0.126. The van der Waals surface area contributed by atoms with E-state index >= 15 is 0 Å². The summed E-state index contributed by atoms with van der Waals surface area (Å²) in [5.74, 6) is -1.28. The third kappa shape index (κ3) is 5.78. The molecule has 0 aliphatic rings. The first-order chi connectivity index (χ1) is 9.95. The molecule has 0 bridgehead atoms. The fourth-order valence-corrected chi connectivity index (χ4v) is 2.48. The van der Waals surface area contributed by atoms with E-state index in [1.54, 1.807) is 13.8 Å². The largest absolute Gasteiger partial charge is 0.477 e. The molecule has 8 heteroatoms. The highest BCUT2D eigenvalue weighted by Gasteiger charge is 2.19. The Morgan fingerprint density at radius 2 is 2.05 bits per heavy atom. The minimum atomic E-state index is -1.01. The van der Waals surface area contributed by atoms with Crippen LogP contribution >= 0.6 is 11.3 Å². The summed E-state index contributed by atoms with van der Waals surface area (Å²) in [4.78, 5) is 27.0. The number of hydrogen-bond donors (Lipinski definition) is 2. The Bertz CT molecular complexity index is 489. The number of ether oxygens (including phenoxy) is 2. The molecule has 1 rings (SSSR count). The minimum Gasteiger partial charge on any atom is -0.477 e. The van der Waals surface area contributed by atoms with Crippen LogP contribution in [-0.2, 0) is 14.3 Å². The summed E-state index contributed by atoms with van der Waals surface area (Å²) in [5, 5.41) is 12.3. The van der Waals surface area contributed by atoms with Gasteiger partial charge in [-0.05, 0) is 20.8 Å². The summed E-state index contributed by atoms with van der Waals surface area (Å²) in [7, 11) is 0. The van der Waals surface area contributed by atoms with E-state index in [0.29, 0.717) is 30.5 Å². The summed E-state index contributed by atoms with van der Waals surface area (Å²) >= 11 is 1.07. The van der Waals surface area contributed by atoms with E-state index in [4.69, 9.17) is 14.6 Å². The van der Waals surface area contributed by atoms with Gasteiger partial charge in [-0.2, -0.15) is 0 Å². The topological polar surface area (TPSA) is 97.8 Å². The zero-order valence-corrected chi connectivity index (χ0v) is 13.2. The number of rotatable bonds is 9. The Labute approximate surface area is 127 Å². The van der Waals surface area contributed by atoms with Crippen LogP contribution in [0.15, 0.2) is 0 Å². The molecule has 1 aromatic rings. The smallest absolute Gasteiger partial charge is 0.347 e. The first kappa shape index (κ1) is 17.5. The van der Waals surface area contributed by atoms with Gasteiger partial charge in [0.25, 0.3) is 0 Å². The van der Waals surface area contributed by atoms with Gasteiger partial charge in [-0.3, -0.25) is 4.79 Å². The molecule has 21 heavy (non-hydrogen) atoms. The normalized spacial score (nSPS) is 12.1. The molecular formula is C13H20N2O5S. The molecule has 7 nitrogen and oxygen atoms in total. The van der Waals surface area contributed by atoms with E-state index in [2.05, 4.69) is 10.3 Å².